The fourth-order valence-electron chi connectivity index (χ4n) is 3.65. The van der Waals surface area contributed by atoms with E-state index in [9.17, 15) is 8.42 Å². The summed E-state index contributed by atoms with van der Waals surface area (Å²) in [6, 6.07) is 17.6. The van der Waals surface area contributed by atoms with Gasteiger partial charge in [0, 0.05) is 31.3 Å². The number of aliphatic imine (C=N–C) groups is 1. The third kappa shape index (κ3) is 4.73. The van der Waals surface area contributed by atoms with Crippen molar-refractivity contribution in [1.82, 2.24) is 10.2 Å². The van der Waals surface area contributed by atoms with Gasteiger partial charge in [-0.1, -0.05) is 49.4 Å². The summed E-state index contributed by atoms with van der Waals surface area (Å²) < 4.78 is 23.2. The lowest BCUT2D eigenvalue weighted by molar-refractivity contribution is 0.438. The van der Waals surface area contributed by atoms with Gasteiger partial charge >= 0.3 is 0 Å². The van der Waals surface area contributed by atoms with Gasteiger partial charge in [0.05, 0.1) is 11.4 Å². The molecular weight excluding hydrogens is 370 g/mol. The molecule has 150 valence electrons. The Balaban J connectivity index is 1.73. The van der Waals surface area contributed by atoms with Crippen LogP contribution >= 0.6 is 0 Å². The molecule has 1 aliphatic rings. The second kappa shape index (κ2) is 8.35. The summed E-state index contributed by atoms with van der Waals surface area (Å²) >= 11 is 0. The van der Waals surface area contributed by atoms with Crippen LogP contribution in [0.4, 0.5) is 0 Å². The van der Waals surface area contributed by atoms with Crippen molar-refractivity contribution in [2.45, 2.75) is 37.1 Å². The molecule has 1 aliphatic heterocycles. The van der Waals surface area contributed by atoms with E-state index >= 15 is 0 Å². The summed E-state index contributed by atoms with van der Waals surface area (Å²) in [6.45, 7) is 7.61. The molecule has 0 aliphatic carbocycles. The first-order valence-corrected chi connectivity index (χ1v) is 11.6. The molecule has 5 nitrogen and oxygen atoms in total. The minimum absolute atomic E-state index is 0.120. The van der Waals surface area contributed by atoms with Gasteiger partial charge in [-0.2, -0.15) is 0 Å². The maximum atomic E-state index is 11.6. The molecule has 1 heterocycles. The zero-order valence-electron chi connectivity index (χ0n) is 16.9. The minimum Gasteiger partial charge on any atom is -0.357 e. The van der Waals surface area contributed by atoms with E-state index in [2.05, 4.69) is 54.4 Å². The van der Waals surface area contributed by atoms with Gasteiger partial charge in [-0.15, -0.1) is 0 Å². The fraction of sp³-hybridized carbons (Fsp3) is 0.409. The molecule has 1 N–H and O–H groups in total. The maximum Gasteiger partial charge on any atom is 0.194 e. The zero-order chi connectivity index (χ0) is 20.2. The first-order valence-electron chi connectivity index (χ1n) is 9.69. The Bertz CT molecular complexity index is 924. The molecule has 2 aromatic carbocycles. The molecule has 1 saturated heterocycles. The van der Waals surface area contributed by atoms with Gasteiger partial charge < -0.3 is 10.2 Å². The second-order valence-corrected chi connectivity index (χ2v) is 9.70. The van der Waals surface area contributed by atoms with E-state index in [4.69, 9.17) is 4.99 Å². The molecule has 1 fully saturated rings. The Morgan fingerprint density at radius 3 is 2.43 bits per heavy atom. The molecule has 0 amide bonds. The van der Waals surface area contributed by atoms with Crippen molar-refractivity contribution in [2.75, 3.05) is 25.9 Å². The van der Waals surface area contributed by atoms with Crippen molar-refractivity contribution in [1.29, 1.82) is 0 Å². The highest BCUT2D eigenvalue weighted by Gasteiger charge is 2.36. The van der Waals surface area contributed by atoms with E-state index in [1.54, 1.807) is 12.1 Å². The second-order valence-electron chi connectivity index (χ2n) is 7.68. The monoisotopic (exact) mass is 399 g/mol. The Morgan fingerprint density at radius 2 is 1.82 bits per heavy atom. The average Bonchev–Trinajstić information content (AvgIpc) is 3.09. The Kier molecular flexibility index (Phi) is 6.08. The molecule has 0 aromatic heterocycles. The normalized spacial score (nSPS) is 20.4. The van der Waals surface area contributed by atoms with Gasteiger partial charge in [0.1, 0.15) is 0 Å². The van der Waals surface area contributed by atoms with E-state index in [1.807, 2.05) is 12.1 Å². The van der Waals surface area contributed by atoms with Crippen molar-refractivity contribution in [3.63, 3.8) is 0 Å². The molecule has 3 rings (SSSR count). The Hall–Kier alpha value is -2.34. The van der Waals surface area contributed by atoms with Gasteiger partial charge in [-0.05, 0) is 36.6 Å². The molecule has 0 bridgehead atoms. The van der Waals surface area contributed by atoms with E-state index in [-0.39, 0.29) is 5.41 Å². The Labute approximate surface area is 168 Å². The van der Waals surface area contributed by atoms with Crippen molar-refractivity contribution in [3.8, 4) is 0 Å². The van der Waals surface area contributed by atoms with Crippen LogP contribution in [0.25, 0.3) is 0 Å². The number of likely N-dealkylation sites (tertiary alicyclic amines) is 1. The minimum atomic E-state index is -3.17. The van der Waals surface area contributed by atoms with E-state index < -0.39 is 9.84 Å². The molecule has 28 heavy (non-hydrogen) atoms. The van der Waals surface area contributed by atoms with E-state index in [1.165, 1.54) is 11.8 Å². The lowest BCUT2D eigenvalue weighted by Crippen LogP contribution is -2.41. The summed E-state index contributed by atoms with van der Waals surface area (Å²) in [7, 11) is -3.17. The summed E-state index contributed by atoms with van der Waals surface area (Å²) in [5, 5.41) is 3.40. The summed E-state index contributed by atoms with van der Waals surface area (Å²) in [6.07, 6.45) is 2.31. The van der Waals surface area contributed by atoms with E-state index in [0.29, 0.717) is 11.4 Å². The molecule has 2 aromatic rings. The van der Waals surface area contributed by atoms with Crippen LogP contribution in [0.2, 0.25) is 0 Å². The Morgan fingerprint density at radius 1 is 1.14 bits per heavy atom. The smallest absolute Gasteiger partial charge is 0.194 e. The van der Waals surface area contributed by atoms with Crippen LogP contribution in [0.15, 0.2) is 64.5 Å². The molecule has 0 spiro atoms. The first-order chi connectivity index (χ1) is 13.3. The first kappa shape index (κ1) is 20.4. The number of hydrogen-bond donors (Lipinski definition) is 1. The van der Waals surface area contributed by atoms with Gasteiger partial charge in [-0.25, -0.2) is 13.4 Å². The summed E-state index contributed by atoms with van der Waals surface area (Å²) in [4.78, 5) is 7.46. The van der Waals surface area contributed by atoms with Crippen LogP contribution in [0, 0.1) is 0 Å². The zero-order valence-corrected chi connectivity index (χ0v) is 17.7. The molecule has 1 unspecified atom stereocenters. The number of rotatable bonds is 5. The third-order valence-corrected chi connectivity index (χ3v) is 6.47. The average molecular weight is 400 g/mol. The molecular formula is C22H29N3O2S. The topological polar surface area (TPSA) is 61.8 Å². The highest BCUT2D eigenvalue weighted by Crippen LogP contribution is 2.34. The van der Waals surface area contributed by atoms with Crippen LogP contribution in [-0.2, 0) is 21.8 Å². The van der Waals surface area contributed by atoms with Crippen molar-refractivity contribution in [3.05, 3.63) is 65.7 Å². The van der Waals surface area contributed by atoms with Gasteiger partial charge in [0.25, 0.3) is 0 Å². The maximum absolute atomic E-state index is 11.6. The standard InChI is InChI=1S/C22H29N3O2S/c1-4-23-21(24-16-18-10-12-20(13-11-18)28(3,26)27)25-15-14-22(2,17-25)19-8-6-5-7-9-19/h5-13H,4,14-17H2,1-3H3,(H,23,24). The molecule has 0 saturated carbocycles. The van der Waals surface area contributed by atoms with Crippen molar-refractivity contribution < 1.29 is 8.42 Å². The quantitative estimate of drug-likeness (QED) is 0.619. The molecule has 1 atom stereocenters. The lowest BCUT2D eigenvalue weighted by atomic mass is 9.82. The number of benzene rings is 2. The SMILES string of the molecule is CCNC(=NCc1ccc(S(C)(=O)=O)cc1)N1CCC(C)(c2ccccc2)C1. The highest BCUT2D eigenvalue weighted by atomic mass is 32.2. The number of sulfone groups is 1. The number of nitrogens with one attached hydrogen (secondary N) is 1. The molecule has 6 heteroatoms. The fourth-order valence-corrected chi connectivity index (χ4v) is 4.28. The molecule has 0 radical (unpaired) electrons. The van der Waals surface area contributed by atoms with Crippen LogP contribution in [0.1, 0.15) is 31.4 Å². The summed E-state index contributed by atoms with van der Waals surface area (Å²) in [5.41, 5.74) is 2.48. The summed E-state index contributed by atoms with van der Waals surface area (Å²) in [5.74, 6) is 0.911. The van der Waals surface area contributed by atoms with Crippen LogP contribution in [-0.4, -0.2) is 45.2 Å². The van der Waals surface area contributed by atoms with Gasteiger partial charge in [0.15, 0.2) is 15.8 Å². The highest BCUT2D eigenvalue weighted by molar-refractivity contribution is 7.90. The number of guanidine groups is 1. The van der Waals surface area contributed by atoms with Gasteiger partial charge in [-0.3, -0.25) is 0 Å². The van der Waals surface area contributed by atoms with Crippen LogP contribution in [0.5, 0.6) is 0 Å². The number of hydrogen-bond acceptors (Lipinski definition) is 3. The van der Waals surface area contributed by atoms with E-state index in [0.717, 1.165) is 37.6 Å². The van der Waals surface area contributed by atoms with Crippen molar-refractivity contribution >= 4 is 15.8 Å². The predicted molar refractivity (Wildman–Crippen MR) is 114 cm³/mol. The third-order valence-electron chi connectivity index (χ3n) is 5.34. The lowest BCUT2D eigenvalue weighted by Gasteiger charge is -2.27. The van der Waals surface area contributed by atoms with Gasteiger partial charge in [0.2, 0.25) is 0 Å². The van der Waals surface area contributed by atoms with Crippen LogP contribution in [0.3, 0.4) is 0 Å². The largest absolute Gasteiger partial charge is 0.357 e. The predicted octanol–water partition coefficient (Wildman–Crippen LogP) is 3.22. The van der Waals surface area contributed by atoms with Crippen molar-refractivity contribution in [2.24, 2.45) is 4.99 Å². The number of nitrogens with zero attached hydrogens (tertiary/aromatic N) is 2. The van der Waals surface area contributed by atoms with Crippen LogP contribution < -0.4 is 5.32 Å².